The van der Waals surface area contributed by atoms with E-state index in [1.807, 2.05) is 24.4 Å². The number of hydrogen-bond acceptors (Lipinski definition) is 3. The first-order chi connectivity index (χ1) is 12.3. The van der Waals surface area contributed by atoms with Crippen molar-refractivity contribution in [3.8, 4) is 0 Å². The molecule has 0 aliphatic rings. The summed E-state index contributed by atoms with van der Waals surface area (Å²) in [6.45, 7) is 6.47. The molecule has 0 saturated heterocycles. The van der Waals surface area contributed by atoms with Crippen molar-refractivity contribution in [2.24, 2.45) is 0 Å². The Morgan fingerprint density at radius 3 is 2.85 bits per heavy atom. The Hall–Kier alpha value is -3.35. The van der Waals surface area contributed by atoms with Crippen LogP contribution in [0.5, 0.6) is 0 Å². The number of nitrogens with zero attached hydrogens (tertiary/aromatic N) is 2. The van der Waals surface area contributed by atoms with Gasteiger partial charge in [0, 0.05) is 42.7 Å². The number of anilines is 1. The van der Waals surface area contributed by atoms with Crippen molar-refractivity contribution in [3.05, 3.63) is 64.3 Å². The molecule has 0 radical (unpaired) electrons. The summed E-state index contributed by atoms with van der Waals surface area (Å²) in [7, 11) is 0. The third-order valence-electron chi connectivity index (χ3n) is 4.42. The number of fused-ring (bicyclic) bond motifs is 2. The molecule has 0 unspecified atom stereocenters. The SMILES string of the molecule is CC(C)(C)c1c[nH]c2cc(NC(=O)c3cnc4cc[nH]n4c3=O)ccc12.[HH]. The smallest absolute Gasteiger partial charge is 0.285 e. The summed E-state index contributed by atoms with van der Waals surface area (Å²) in [5.41, 5.74) is 2.79. The van der Waals surface area contributed by atoms with Crippen molar-refractivity contribution in [1.82, 2.24) is 19.6 Å². The minimum absolute atomic E-state index is 0. The van der Waals surface area contributed by atoms with Gasteiger partial charge in [0.05, 0.1) is 0 Å². The number of rotatable bonds is 2. The first kappa shape index (κ1) is 16.1. The molecule has 1 aromatic carbocycles. The Morgan fingerprint density at radius 1 is 1.27 bits per heavy atom. The molecule has 134 valence electrons. The quantitative estimate of drug-likeness (QED) is 0.517. The molecular weight excluding hydrogens is 330 g/mol. The maximum atomic E-state index is 12.5. The molecule has 0 fully saturated rings. The Labute approximate surface area is 150 Å². The molecule has 26 heavy (non-hydrogen) atoms. The van der Waals surface area contributed by atoms with Crippen molar-refractivity contribution >= 4 is 28.1 Å². The maximum Gasteiger partial charge on any atom is 0.285 e. The molecule has 0 aliphatic carbocycles. The van der Waals surface area contributed by atoms with Crippen LogP contribution in [0.4, 0.5) is 5.69 Å². The molecule has 7 nitrogen and oxygen atoms in total. The minimum atomic E-state index is -0.492. The van der Waals surface area contributed by atoms with E-state index in [9.17, 15) is 9.59 Å². The molecule has 7 heteroatoms. The third-order valence-corrected chi connectivity index (χ3v) is 4.42. The summed E-state index contributed by atoms with van der Waals surface area (Å²) in [6, 6.07) is 7.33. The monoisotopic (exact) mass is 351 g/mol. The van der Waals surface area contributed by atoms with E-state index in [-0.39, 0.29) is 12.4 Å². The van der Waals surface area contributed by atoms with Crippen molar-refractivity contribution < 1.29 is 6.22 Å². The predicted octanol–water partition coefficient (Wildman–Crippen LogP) is 3.30. The average Bonchev–Trinajstić information content (AvgIpc) is 3.20. The largest absolute Gasteiger partial charge is 0.361 e. The van der Waals surface area contributed by atoms with Gasteiger partial charge in [-0.15, -0.1) is 0 Å². The van der Waals surface area contributed by atoms with E-state index in [1.54, 1.807) is 12.3 Å². The lowest BCUT2D eigenvalue weighted by atomic mass is 9.87. The Kier molecular flexibility index (Phi) is 3.47. The molecule has 0 bridgehead atoms. The highest BCUT2D eigenvalue weighted by Crippen LogP contribution is 2.31. The van der Waals surface area contributed by atoms with Crippen molar-refractivity contribution in [1.29, 1.82) is 0 Å². The van der Waals surface area contributed by atoms with Gasteiger partial charge in [-0.1, -0.05) is 26.8 Å². The summed E-state index contributed by atoms with van der Waals surface area (Å²) in [5.74, 6) is -0.492. The lowest BCUT2D eigenvalue weighted by Gasteiger charge is -2.17. The van der Waals surface area contributed by atoms with E-state index in [0.717, 1.165) is 10.9 Å². The molecule has 0 saturated carbocycles. The third kappa shape index (κ3) is 2.57. The van der Waals surface area contributed by atoms with Crippen LogP contribution in [0.25, 0.3) is 16.6 Å². The van der Waals surface area contributed by atoms with Crippen LogP contribution in [-0.4, -0.2) is 25.5 Å². The van der Waals surface area contributed by atoms with Gasteiger partial charge in [-0.25, -0.2) is 9.50 Å². The number of nitrogens with one attached hydrogen (secondary N) is 3. The fourth-order valence-electron chi connectivity index (χ4n) is 3.08. The van der Waals surface area contributed by atoms with Gasteiger partial charge >= 0.3 is 0 Å². The van der Waals surface area contributed by atoms with Crippen LogP contribution in [0.1, 0.15) is 38.1 Å². The fourth-order valence-corrected chi connectivity index (χ4v) is 3.08. The van der Waals surface area contributed by atoms with Crippen LogP contribution in [0.15, 0.2) is 47.7 Å². The van der Waals surface area contributed by atoms with Gasteiger partial charge in [0.1, 0.15) is 5.56 Å². The van der Waals surface area contributed by atoms with Gasteiger partial charge in [-0.3, -0.25) is 14.7 Å². The first-order valence-corrected chi connectivity index (χ1v) is 8.33. The first-order valence-electron chi connectivity index (χ1n) is 8.33. The lowest BCUT2D eigenvalue weighted by Crippen LogP contribution is -2.26. The normalized spacial score (nSPS) is 12.0. The van der Waals surface area contributed by atoms with Crippen LogP contribution < -0.4 is 10.9 Å². The van der Waals surface area contributed by atoms with Gasteiger partial charge in [-0.2, -0.15) is 0 Å². The topological polar surface area (TPSA) is 95.0 Å². The fraction of sp³-hybridized carbons (Fsp3) is 0.211. The van der Waals surface area contributed by atoms with Gasteiger partial charge in [0.25, 0.3) is 11.5 Å². The van der Waals surface area contributed by atoms with E-state index in [2.05, 4.69) is 41.2 Å². The van der Waals surface area contributed by atoms with Crippen LogP contribution in [0.3, 0.4) is 0 Å². The van der Waals surface area contributed by atoms with Gasteiger partial charge in [0.2, 0.25) is 0 Å². The number of benzene rings is 1. The number of hydrogen-bond donors (Lipinski definition) is 3. The highest BCUT2D eigenvalue weighted by Gasteiger charge is 2.19. The number of aromatic amines is 2. The van der Waals surface area contributed by atoms with E-state index in [0.29, 0.717) is 11.3 Å². The standard InChI is InChI=1S/C19H19N5O2.H2/c1-19(2,3)14-10-20-15-8-11(4-5-12(14)15)23-17(25)13-9-21-16-6-7-22-24(16)18(13)26;/h4-10,20,22H,1-3H3,(H,23,25);1H. The number of carbonyl (C=O) groups excluding carboxylic acids is 1. The molecule has 4 rings (SSSR count). The van der Waals surface area contributed by atoms with E-state index in [4.69, 9.17) is 0 Å². The molecule has 0 atom stereocenters. The Morgan fingerprint density at radius 2 is 2.08 bits per heavy atom. The molecule has 0 spiro atoms. The van der Waals surface area contributed by atoms with Gasteiger partial charge in [0.15, 0.2) is 5.65 Å². The second-order valence-corrected chi connectivity index (χ2v) is 7.30. The van der Waals surface area contributed by atoms with Gasteiger partial charge in [-0.05, 0) is 23.1 Å². The number of amides is 1. The second-order valence-electron chi connectivity index (χ2n) is 7.30. The van der Waals surface area contributed by atoms with Crippen molar-refractivity contribution in [2.75, 3.05) is 5.32 Å². The zero-order valence-corrected chi connectivity index (χ0v) is 14.8. The van der Waals surface area contributed by atoms with Crippen molar-refractivity contribution in [2.45, 2.75) is 26.2 Å². The molecule has 1 amide bonds. The summed E-state index contributed by atoms with van der Waals surface area (Å²) in [4.78, 5) is 32.2. The lowest BCUT2D eigenvalue weighted by molar-refractivity contribution is 0.102. The molecule has 3 N–H and O–H groups in total. The van der Waals surface area contributed by atoms with E-state index in [1.165, 1.54) is 16.3 Å². The highest BCUT2D eigenvalue weighted by molar-refractivity contribution is 6.04. The Bertz CT molecular complexity index is 1200. The summed E-state index contributed by atoms with van der Waals surface area (Å²) in [5, 5.41) is 6.63. The van der Waals surface area contributed by atoms with E-state index >= 15 is 0 Å². The van der Waals surface area contributed by atoms with Crippen molar-refractivity contribution in [3.63, 3.8) is 0 Å². The molecule has 3 heterocycles. The number of H-pyrrole nitrogens is 2. The number of aromatic nitrogens is 4. The maximum absolute atomic E-state index is 12.5. The van der Waals surface area contributed by atoms with Gasteiger partial charge < -0.3 is 10.3 Å². The molecule has 3 aromatic heterocycles. The van der Waals surface area contributed by atoms with Crippen LogP contribution in [0.2, 0.25) is 0 Å². The molecular formula is C19H21N5O2. The molecule has 0 aliphatic heterocycles. The second kappa shape index (κ2) is 5.59. The highest BCUT2D eigenvalue weighted by atomic mass is 16.2. The summed E-state index contributed by atoms with van der Waals surface area (Å²) >= 11 is 0. The zero-order valence-electron chi connectivity index (χ0n) is 14.8. The Balaban J connectivity index is 0.00000210. The van der Waals surface area contributed by atoms with Crippen LogP contribution in [0, 0.1) is 0 Å². The summed E-state index contributed by atoms with van der Waals surface area (Å²) < 4.78 is 1.23. The number of carbonyl (C=O) groups is 1. The van der Waals surface area contributed by atoms with Crippen LogP contribution >= 0.6 is 0 Å². The average molecular weight is 351 g/mol. The summed E-state index contributed by atoms with van der Waals surface area (Å²) in [6.07, 6.45) is 4.88. The molecule has 4 aromatic rings. The van der Waals surface area contributed by atoms with E-state index < -0.39 is 11.5 Å². The van der Waals surface area contributed by atoms with Crippen LogP contribution in [-0.2, 0) is 5.41 Å². The minimum Gasteiger partial charge on any atom is -0.361 e. The predicted molar refractivity (Wildman–Crippen MR) is 103 cm³/mol. The zero-order chi connectivity index (χ0) is 18.5.